The summed E-state index contributed by atoms with van der Waals surface area (Å²) in [6.07, 6.45) is 3.26. The minimum Gasteiger partial charge on any atom is -0.493 e. The van der Waals surface area contributed by atoms with Gasteiger partial charge in [-0.2, -0.15) is 0 Å². The molecule has 0 spiro atoms. The summed E-state index contributed by atoms with van der Waals surface area (Å²) >= 11 is 0. The molecule has 126 valence electrons. The van der Waals surface area contributed by atoms with Gasteiger partial charge >= 0.3 is 0 Å². The van der Waals surface area contributed by atoms with Crippen LogP contribution < -0.4 is 16.4 Å². The molecule has 0 unspecified atom stereocenters. The number of nitrogens with one attached hydrogen (secondary N) is 3. The number of hydrogen-bond acceptors (Lipinski definition) is 8. The highest BCUT2D eigenvalue weighted by atomic mass is 16.3. The average Bonchev–Trinajstić information content (AvgIpc) is 2.47. The van der Waals surface area contributed by atoms with Crippen LogP contribution in [0.2, 0.25) is 0 Å². The predicted octanol–water partition coefficient (Wildman–Crippen LogP) is -1.99. The van der Waals surface area contributed by atoms with Crippen molar-refractivity contribution in [3.63, 3.8) is 0 Å². The number of nitrogens with zero attached hydrogens (tertiary/aromatic N) is 3. The van der Waals surface area contributed by atoms with Crippen molar-refractivity contribution in [2.75, 3.05) is 0 Å². The van der Waals surface area contributed by atoms with Gasteiger partial charge in [-0.05, 0) is 0 Å². The first-order valence-corrected chi connectivity index (χ1v) is 6.19. The largest absolute Gasteiger partial charge is 0.493 e. The summed E-state index contributed by atoms with van der Waals surface area (Å²) in [5.74, 6) is -1.18. The Kier molecular flexibility index (Phi) is 7.02. The summed E-state index contributed by atoms with van der Waals surface area (Å²) < 4.78 is 0. The van der Waals surface area contributed by atoms with Gasteiger partial charge in [-0.15, -0.1) is 0 Å². The highest BCUT2D eigenvalue weighted by Crippen LogP contribution is 1.91. The van der Waals surface area contributed by atoms with Crippen LogP contribution in [0.15, 0.2) is 39.4 Å². The molecule has 12 heteroatoms. The number of amides is 2. The Morgan fingerprint density at radius 1 is 0.875 bits per heavy atom. The van der Waals surface area contributed by atoms with E-state index in [4.69, 9.17) is 10.2 Å². The van der Waals surface area contributed by atoms with Crippen LogP contribution in [0.1, 0.15) is 6.42 Å². The van der Waals surface area contributed by atoms with Gasteiger partial charge in [0.15, 0.2) is 0 Å². The lowest BCUT2D eigenvalue weighted by atomic mass is 10.4. The van der Waals surface area contributed by atoms with Gasteiger partial charge in [-0.3, -0.25) is 19.2 Å². The Labute approximate surface area is 133 Å². The van der Waals surface area contributed by atoms with Crippen LogP contribution in [0.5, 0.6) is 11.8 Å². The van der Waals surface area contributed by atoms with Crippen molar-refractivity contribution in [1.82, 2.24) is 25.3 Å². The van der Waals surface area contributed by atoms with Crippen LogP contribution in [0.4, 0.5) is 0 Å². The molecule has 3 heterocycles. The van der Waals surface area contributed by atoms with Gasteiger partial charge < -0.3 is 25.5 Å². The van der Waals surface area contributed by atoms with Gasteiger partial charge in [0.1, 0.15) is 6.42 Å². The molecule has 0 radical (unpaired) electrons. The van der Waals surface area contributed by atoms with E-state index >= 15 is 0 Å². The summed E-state index contributed by atoms with van der Waals surface area (Å²) in [5.41, 5.74) is -0.699. The maximum absolute atomic E-state index is 10.3. The number of H-pyrrole nitrogens is 2. The van der Waals surface area contributed by atoms with E-state index in [-0.39, 0.29) is 41.1 Å². The number of aromatic nitrogens is 4. The van der Waals surface area contributed by atoms with Crippen LogP contribution >= 0.6 is 0 Å². The van der Waals surface area contributed by atoms with Crippen molar-refractivity contribution in [3.8, 4) is 11.8 Å². The second-order valence-corrected chi connectivity index (χ2v) is 3.93. The third-order valence-corrected chi connectivity index (χ3v) is 2.07. The highest BCUT2D eigenvalue weighted by Gasteiger charge is 2.09. The van der Waals surface area contributed by atoms with E-state index in [1.165, 1.54) is 0 Å². The molecule has 1 aliphatic heterocycles. The van der Waals surface area contributed by atoms with E-state index in [1.807, 2.05) is 0 Å². The number of aromatic hydroxyl groups is 2. The summed E-state index contributed by atoms with van der Waals surface area (Å²) in [6, 6.07) is 2.00. The van der Waals surface area contributed by atoms with Crippen LogP contribution in [0.25, 0.3) is 0 Å². The Hall–Kier alpha value is -3.83. The van der Waals surface area contributed by atoms with E-state index in [1.54, 1.807) is 0 Å². The Bertz CT molecular complexity index is 790. The van der Waals surface area contributed by atoms with Crippen molar-refractivity contribution in [1.29, 1.82) is 0 Å². The highest BCUT2D eigenvalue weighted by molar-refractivity contribution is 6.07. The molecule has 0 aliphatic carbocycles. The molecule has 0 atom stereocenters. The van der Waals surface area contributed by atoms with Crippen molar-refractivity contribution >= 4 is 18.2 Å². The summed E-state index contributed by atoms with van der Waals surface area (Å²) in [7, 11) is 0. The monoisotopic (exact) mass is 336 g/mol. The second-order valence-electron chi connectivity index (χ2n) is 3.93. The Morgan fingerprint density at radius 3 is 1.62 bits per heavy atom. The first-order chi connectivity index (χ1) is 11.4. The molecule has 0 fully saturated rings. The number of aromatic amines is 2. The SMILES string of the molecule is O=C1CC(=O)NC=N1.O=c1cc(O)nc[nH]1.O=c1cc(O)nc[nH]1. The number of rotatable bonds is 0. The van der Waals surface area contributed by atoms with Crippen LogP contribution in [-0.4, -0.2) is 48.3 Å². The second kappa shape index (κ2) is 9.24. The first kappa shape index (κ1) is 18.2. The zero-order valence-corrected chi connectivity index (χ0v) is 12.0. The first-order valence-electron chi connectivity index (χ1n) is 6.19. The smallest absolute Gasteiger partial charge is 0.256 e. The standard InChI is InChI=1S/3C4H4N2O2/c3*7-3-1-4(8)6-2-5-3/h2H,1H2,(H,5,6,7,8);2*1-2H,(H2,5,6,7,8). The third kappa shape index (κ3) is 7.82. The van der Waals surface area contributed by atoms with Gasteiger partial charge in [0.2, 0.25) is 17.7 Å². The molecular weight excluding hydrogens is 324 g/mol. The summed E-state index contributed by atoms with van der Waals surface area (Å²) in [4.78, 5) is 55.4. The maximum atomic E-state index is 10.3. The summed E-state index contributed by atoms with van der Waals surface area (Å²) in [6.45, 7) is 0. The topological polar surface area (TPSA) is 190 Å². The molecule has 0 saturated heterocycles. The van der Waals surface area contributed by atoms with Crippen molar-refractivity contribution in [2.24, 2.45) is 4.99 Å². The summed E-state index contributed by atoms with van der Waals surface area (Å²) in [5, 5.41) is 19.2. The quantitative estimate of drug-likeness (QED) is 0.341. The molecule has 5 N–H and O–H groups in total. The molecule has 2 aromatic rings. The Balaban J connectivity index is 0.000000180. The normalized spacial score (nSPS) is 12.2. The van der Waals surface area contributed by atoms with Crippen LogP contribution in [-0.2, 0) is 9.59 Å². The average molecular weight is 336 g/mol. The lowest BCUT2D eigenvalue weighted by Gasteiger charge is -1.99. The van der Waals surface area contributed by atoms with E-state index in [0.717, 1.165) is 31.1 Å². The number of carbonyl (C=O) groups is 2. The molecule has 2 aromatic heterocycles. The fourth-order valence-corrected chi connectivity index (χ4v) is 1.13. The number of carbonyl (C=O) groups excluding carboxylic acids is 2. The molecule has 0 bridgehead atoms. The van der Waals surface area contributed by atoms with Gasteiger partial charge in [0, 0.05) is 0 Å². The van der Waals surface area contributed by atoms with Gasteiger partial charge in [-0.1, -0.05) is 0 Å². The van der Waals surface area contributed by atoms with E-state index < -0.39 is 0 Å². The zero-order valence-electron chi connectivity index (χ0n) is 12.0. The molecular formula is C12H12N6O6. The zero-order chi connectivity index (χ0) is 17.9. The minimum absolute atomic E-state index is 0.115. The molecule has 0 aromatic carbocycles. The Morgan fingerprint density at radius 2 is 1.38 bits per heavy atom. The van der Waals surface area contributed by atoms with Gasteiger partial charge in [0.05, 0.1) is 31.1 Å². The fraction of sp³-hybridized carbons (Fsp3) is 0.0833. The predicted molar refractivity (Wildman–Crippen MR) is 79.3 cm³/mol. The molecule has 24 heavy (non-hydrogen) atoms. The lowest BCUT2D eigenvalue weighted by Crippen LogP contribution is -2.28. The van der Waals surface area contributed by atoms with Gasteiger partial charge in [0.25, 0.3) is 17.0 Å². The number of aliphatic imine (C=N–C) groups is 1. The number of hydrogen-bond donors (Lipinski definition) is 5. The minimum atomic E-state index is -0.381. The third-order valence-electron chi connectivity index (χ3n) is 2.07. The molecule has 12 nitrogen and oxygen atoms in total. The molecule has 3 rings (SSSR count). The van der Waals surface area contributed by atoms with Gasteiger partial charge in [-0.25, -0.2) is 15.0 Å². The molecule has 1 aliphatic rings. The van der Waals surface area contributed by atoms with E-state index in [0.29, 0.717) is 0 Å². The maximum Gasteiger partial charge on any atom is 0.256 e. The molecule has 2 amide bonds. The fourth-order valence-electron chi connectivity index (χ4n) is 1.13. The van der Waals surface area contributed by atoms with E-state index in [2.05, 4.69) is 30.2 Å². The lowest BCUT2D eigenvalue weighted by molar-refractivity contribution is -0.127. The van der Waals surface area contributed by atoms with Crippen LogP contribution in [0.3, 0.4) is 0 Å². The van der Waals surface area contributed by atoms with Crippen molar-refractivity contribution < 1.29 is 19.8 Å². The van der Waals surface area contributed by atoms with Crippen molar-refractivity contribution in [2.45, 2.75) is 6.42 Å². The van der Waals surface area contributed by atoms with Crippen molar-refractivity contribution in [3.05, 3.63) is 45.5 Å². The van der Waals surface area contributed by atoms with E-state index in [9.17, 15) is 19.2 Å². The molecule has 0 saturated carbocycles. The van der Waals surface area contributed by atoms with Crippen LogP contribution in [0, 0.1) is 0 Å².